The summed E-state index contributed by atoms with van der Waals surface area (Å²) in [6, 6.07) is 8.15. The van der Waals surface area contributed by atoms with Crippen LogP contribution >= 0.6 is 11.6 Å². The minimum absolute atomic E-state index is 0. The molecule has 0 bridgehead atoms. The van der Waals surface area contributed by atoms with Crippen LogP contribution in [0.5, 0.6) is 0 Å². The van der Waals surface area contributed by atoms with E-state index in [1.54, 1.807) is 0 Å². The Kier molecular flexibility index (Phi) is 19.2. The molecule has 0 heterocycles. The number of benzene rings is 1. The fourth-order valence-electron chi connectivity index (χ4n) is 4.23. The molecule has 4 heteroatoms. The molecule has 0 aromatic heterocycles. The number of aliphatic hydroxyl groups is 1. The Bertz CT molecular complexity index is 494. The van der Waals surface area contributed by atoms with Crippen LogP contribution in [0, 0.1) is 0 Å². The highest BCUT2D eigenvalue weighted by atomic mass is 35.5. The first-order chi connectivity index (χ1) is 14.1. The van der Waals surface area contributed by atoms with Gasteiger partial charge in [-0.3, -0.25) is 0 Å². The van der Waals surface area contributed by atoms with Crippen molar-refractivity contribution in [2.75, 3.05) is 26.7 Å². The van der Waals surface area contributed by atoms with E-state index in [0.29, 0.717) is 0 Å². The maximum atomic E-state index is 9.50. The third-order valence-corrected chi connectivity index (χ3v) is 6.42. The van der Waals surface area contributed by atoms with Gasteiger partial charge in [-0.05, 0) is 25.0 Å². The summed E-state index contributed by atoms with van der Waals surface area (Å²) >= 11 is 6.00. The first kappa shape index (κ1) is 29.7. The lowest BCUT2D eigenvalue weighted by Crippen LogP contribution is -3.00. The lowest BCUT2D eigenvalue weighted by Gasteiger charge is -2.34. The molecule has 1 rings (SSSR count). The van der Waals surface area contributed by atoms with E-state index in [9.17, 15) is 5.11 Å². The molecule has 1 aromatic rings. The number of likely N-dealkylation sites (N-methyl/N-ethyl adjacent to an activating group) is 1. The first-order valence-corrected chi connectivity index (χ1v) is 12.7. The van der Waals surface area contributed by atoms with E-state index >= 15 is 0 Å². The van der Waals surface area contributed by atoms with Crippen molar-refractivity contribution in [2.24, 2.45) is 0 Å². The van der Waals surface area contributed by atoms with Crippen LogP contribution in [0.15, 0.2) is 24.3 Å². The molecule has 1 atom stereocenters. The Morgan fingerprint density at radius 2 is 1.13 bits per heavy atom. The van der Waals surface area contributed by atoms with E-state index in [0.717, 1.165) is 29.1 Å². The van der Waals surface area contributed by atoms with Crippen LogP contribution in [0.1, 0.15) is 102 Å². The number of nitrogens with zero attached hydrogens (tertiary/aromatic N) is 1. The molecule has 176 valence electrons. The molecule has 0 aliphatic heterocycles. The molecule has 0 aliphatic carbocycles. The predicted octanol–water partition coefficient (Wildman–Crippen LogP) is 4.76. The summed E-state index contributed by atoms with van der Waals surface area (Å²) in [7, 11) is 2.27. The van der Waals surface area contributed by atoms with Crippen molar-refractivity contribution in [3.8, 4) is 0 Å². The third kappa shape index (κ3) is 15.5. The lowest BCUT2D eigenvalue weighted by molar-refractivity contribution is -0.923. The zero-order valence-corrected chi connectivity index (χ0v) is 21.2. The van der Waals surface area contributed by atoms with E-state index in [1.807, 2.05) is 12.1 Å². The largest absolute Gasteiger partial charge is 1.00 e. The standard InChI is InChI=1S/C26H47ClNO.ClH/c1-3-4-5-6-7-8-9-10-11-12-13-14-15-16-21-28(2,22-23-29)24-25-17-19-26(27)20-18-25;/h17-20,29H,3-16,21-24H2,1-2H3;1H/q+1;/p-1. The Hall–Kier alpha value is -0.280. The highest BCUT2D eigenvalue weighted by Crippen LogP contribution is 2.18. The van der Waals surface area contributed by atoms with E-state index in [2.05, 4.69) is 26.1 Å². The van der Waals surface area contributed by atoms with Gasteiger partial charge in [-0.2, -0.15) is 0 Å². The van der Waals surface area contributed by atoms with Crippen molar-refractivity contribution in [3.05, 3.63) is 34.9 Å². The number of hydrogen-bond acceptors (Lipinski definition) is 1. The predicted molar refractivity (Wildman–Crippen MR) is 128 cm³/mol. The van der Waals surface area contributed by atoms with Gasteiger partial charge in [-0.15, -0.1) is 0 Å². The smallest absolute Gasteiger partial charge is 0.104 e. The summed E-state index contributed by atoms with van der Waals surface area (Å²) in [5.41, 5.74) is 1.30. The summed E-state index contributed by atoms with van der Waals surface area (Å²) in [5, 5.41) is 10.3. The molecular formula is C26H47Cl2NO. The molecule has 0 radical (unpaired) electrons. The van der Waals surface area contributed by atoms with Crippen molar-refractivity contribution < 1.29 is 22.0 Å². The number of unbranched alkanes of at least 4 members (excludes halogenated alkanes) is 13. The Labute approximate surface area is 198 Å². The maximum Gasteiger partial charge on any atom is 0.104 e. The Morgan fingerprint density at radius 1 is 0.700 bits per heavy atom. The average Bonchev–Trinajstić information content (AvgIpc) is 2.70. The van der Waals surface area contributed by atoms with Gasteiger partial charge in [0.1, 0.15) is 13.1 Å². The zero-order valence-electron chi connectivity index (χ0n) is 19.7. The minimum Gasteiger partial charge on any atom is -1.00 e. The van der Waals surface area contributed by atoms with Crippen LogP contribution in [0.3, 0.4) is 0 Å². The van der Waals surface area contributed by atoms with E-state index in [4.69, 9.17) is 11.6 Å². The summed E-state index contributed by atoms with van der Waals surface area (Å²) in [6.45, 7) is 5.47. The van der Waals surface area contributed by atoms with Crippen molar-refractivity contribution in [1.29, 1.82) is 0 Å². The Balaban J connectivity index is 0.00000841. The summed E-state index contributed by atoms with van der Waals surface area (Å²) in [6.07, 6.45) is 19.5. The van der Waals surface area contributed by atoms with Crippen molar-refractivity contribution in [3.63, 3.8) is 0 Å². The van der Waals surface area contributed by atoms with Crippen LogP contribution in [-0.2, 0) is 6.54 Å². The van der Waals surface area contributed by atoms with Gasteiger partial charge in [-0.1, -0.05) is 108 Å². The lowest BCUT2D eigenvalue weighted by atomic mass is 10.0. The molecule has 0 spiro atoms. The quantitative estimate of drug-likeness (QED) is 0.233. The Morgan fingerprint density at radius 3 is 1.57 bits per heavy atom. The molecule has 0 aliphatic rings. The van der Waals surface area contributed by atoms with Crippen LogP contribution in [-0.4, -0.2) is 36.3 Å². The van der Waals surface area contributed by atoms with Gasteiger partial charge >= 0.3 is 0 Å². The van der Waals surface area contributed by atoms with Gasteiger partial charge < -0.3 is 22.0 Å². The topological polar surface area (TPSA) is 20.2 Å². The highest BCUT2D eigenvalue weighted by molar-refractivity contribution is 6.30. The van der Waals surface area contributed by atoms with Crippen LogP contribution < -0.4 is 12.4 Å². The van der Waals surface area contributed by atoms with Crippen molar-refractivity contribution in [2.45, 2.75) is 103 Å². The number of hydrogen-bond donors (Lipinski definition) is 1. The molecule has 2 nitrogen and oxygen atoms in total. The van der Waals surface area contributed by atoms with Crippen LogP contribution in [0.2, 0.25) is 5.02 Å². The van der Waals surface area contributed by atoms with Crippen LogP contribution in [0.25, 0.3) is 0 Å². The summed E-state index contributed by atoms with van der Waals surface area (Å²) in [4.78, 5) is 0. The minimum atomic E-state index is 0. The van der Waals surface area contributed by atoms with Gasteiger partial charge in [0.25, 0.3) is 0 Å². The molecule has 0 saturated heterocycles. The summed E-state index contributed by atoms with van der Waals surface area (Å²) < 4.78 is 0.913. The second-order valence-electron chi connectivity index (χ2n) is 9.17. The number of halogens is 2. The average molecular weight is 461 g/mol. The molecule has 0 fully saturated rings. The molecule has 1 aromatic carbocycles. The van der Waals surface area contributed by atoms with E-state index in [1.165, 1.54) is 95.5 Å². The van der Waals surface area contributed by atoms with Crippen molar-refractivity contribution >= 4 is 11.6 Å². The molecule has 1 N–H and O–H groups in total. The molecule has 1 unspecified atom stereocenters. The first-order valence-electron chi connectivity index (χ1n) is 12.3. The second-order valence-corrected chi connectivity index (χ2v) is 9.61. The van der Waals surface area contributed by atoms with Gasteiger partial charge in [0.05, 0.1) is 20.2 Å². The second kappa shape index (κ2) is 19.4. The SMILES string of the molecule is CCCCCCCCCCCCCCCC[N+](C)(CCO)Cc1ccc(Cl)cc1.[Cl-]. The third-order valence-electron chi connectivity index (χ3n) is 6.17. The highest BCUT2D eigenvalue weighted by Gasteiger charge is 2.21. The molecule has 0 saturated carbocycles. The number of quaternary nitrogens is 1. The number of rotatable bonds is 19. The van der Waals surface area contributed by atoms with E-state index in [-0.39, 0.29) is 19.0 Å². The van der Waals surface area contributed by atoms with Crippen molar-refractivity contribution in [1.82, 2.24) is 0 Å². The molecular weight excluding hydrogens is 413 g/mol. The normalized spacial score (nSPS) is 13.1. The fourth-order valence-corrected chi connectivity index (χ4v) is 4.36. The van der Waals surface area contributed by atoms with Gasteiger partial charge in [0.15, 0.2) is 0 Å². The maximum absolute atomic E-state index is 9.50. The van der Waals surface area contributed by atoms with Gasteiger partial charge in [0, 0.05) is 10.6 Å². The molecule has 0 amide bonds. The molecule has 30 heavy (non-hydrogen) atoms. The monoisotopic (exact) mass is 459 g/mol. The summed E-state index contributed by atoms with van der Waals surface area (Å²) in [5.74, 6) is 0. The van der Waals surface area contributed by atoms with Gasteiger partial charge in [-0.25, -0.2) is 0 Å². The van der Waals surface area contributed by atoms with E-state index < -0.39 is 0 Å². The zero-order chi connectivity index (χ0) is 21.2. The fraction of sp³-hybridized carbons (Fsp3) is 0.769. The number of aliphatic hydroxyl groups excluding tert-OH is 1. The van der Waals surface area contributed by atoms with Gasteiger partial charge in [0.2, 0.25) is 0 Å². The van der Waals surface area contributed by atoms with Crippen LogP contribution in [0.4, 0.5) is 0 Å².